The van der Waals surface area contributed by atoms with Crippen molar-refractivity contribution in [3.05, 3.63) is 29.3 Å². The number of hydrogen-bond donors (Lipinski definition) is 1. The predicted octanol–water partition coefficient (Wildman–Crippen LogP) is 2.71. The van der Waals surface area contributed by atoms with Crippen molar-refractivity contribution in [2.45, 2.75) is 64.0 Å². The van der Waals surface area contributed by atoms with E-state index in [0.717, 1.165) is 38.0 Å². The molecule has 4 nitrogen and oxygen atoms in total. The second kappa shape index (κ2) is 7.35. The molecule has 1 heterocycles. The average Bonchev–Trinajstić information content (AvgIpc) is 3.00. The first-order valence-electron chi connectivity index (χ1n) is 8.85. The van der Waals surface area contributed by atoms with Gasteiger partial charge in [-0.2, -0.15) is 0 Å². The van der Waals surface area contributed by atoms with Crippen LogP contribution < -0.4 is 4.74 Å². The molecule has 1 aliphatic heterocycles. The van der Waals surface area contributed by atoms with Gasteiger partial charge in [0.2, 0.25) is 0 Å². The first-order valence-corrected chi connectivity index (χ1v) is 8.85. The molecule has 3 rings (SSSR count). The summed E-state index contributed by atoms with van der Waals surface area (Å²) < 4.78 is 5.75. The van der Waals surface area contributed by atoms with Crippen molar-refractivity contribution >= 4 is 5.91 Å². The molecule has 2 unspecified atom stereocenters. The highest BCUT2D eigenvalue weighted by atomic mass is 16.5. The summed E-state index contributed by atoms with van der Waals surface area (Å²) in [6.45, 7) is 2.66. The highest BCUT2D eigenvalue weighted by Gasteiger charge is 2.29. The van der Waals surface area contributed by atoms with E-state index >= 15 is 0 Å². The van der Waals surface area contributed by atoms with Crippen LogP contribution in [0.1, 0.15) is 50.2 Å². The van der Waals surface area contributed by atoms with Gasteiger partial charge in [-0.3, -0.25) is 4.79 Å². The average molecular weight is 317 g/mol. The summed E-state index contributed by atoms with van der Waals surface area (Å²) in [5, 5.41) is 9.56. The molecule has 0 aromatic heterocycles. The number of aliphatic hydroxyl groups excluding tert-OH is 1. The van der Waals surface area contributed by atoms with Crippen LogP contribution in [0, 0.1) is 0 Å². The largest absolute Gasteiger partial charge is 0.484 e. The van der Waals surface area contributed by atoms with E-state index in [2.05, 4.69) is 12.1 Å². The van der Waals surface area contributed by atoms with Crippen LogP contribution in [0.3, 0.4) is 0 Å². The van der Waals surface area contributed by atoms with Crippen molar-refractivity contribution in [1.29, 1.82) is 0 Å². The maximum absolute atomic E-state index is 12.4. The van der Waals surface area contributed by atoms with Gasteiger partial charge in [-0.1, -0.05) is 6.07 Å². The molecule has 0 bridgehead atoms. The van der Waals surface area contributed by atoms with Crippen molar-refractivity contribution in [3.63, 3.8) is 0 Å². The zero-order chi connectivity index (χ0) is 16.2. The number of hydrogen-bond acceptors (Lipinski definition) is 3. The minimum atomic E-state index is -0.366. The van der Waals surface area contributed by atoms with E-state index in [9.17, 15) is 9.90 Å². The Morgan fingerprint density at radius 3 is 2.87 bits per heavy atom. The van der Waals surface area contributed by atoms with Gasteiger partial charge in [0.25, 0.3) is 5.91 Å². The molecule has 0 spiro atoms. The Morgan fingerprint density at radius 1 is 1.30 bits per heavy atom. The van der Waals surface area contributed by atoms with Crippen molar-refractivity contribution < 1.29 is 14.6 Å². The Hall–Kier alpha value is -1.55. The van der Waals surface area contributed by atoms with Crippen LogP contribution in [0.25, 0.3) is 0 Å². The fourth-order valence-corrected chi connectivity index (χ4v) is 3.83. The van der Waals surface area contributed by atoms with Gasteiger partial charge in [-0.15, -0.1) is 0 Å². The van der Waals surface area contributed by atoms with Crippen molar-refractivity contribution in [1.82, 2.24) is 4.90 Å². The molecule has 1 aromatic rings. The Morgan fingerprint density at radius 2 is 2.09 bits per heavy atom. The Balaban J connectivity index is 1.56. The number of fused-ring (bicyclic) bond motifs is 1. The fraction of sp³-hybridized carbons (Fsp3) is 0.632. The van der Waals surface area contributed by atoms with Crippen LogP contribution in [0.4, 0.5) is 0 Å². The molecule has 0 saturated carbocycles. The lowest BCUT2D eigenvalue weighted by Crippen LogP contribution is -2.40. The summed E-state index contributed by atoms with van der Waals surface area (Å²) in [6.07, 6.45) is 7.07. The zero-order valence-corrected chi connectivity index (χ0v) is 14.0. The van der Waals surface area contributed by atoms with Crippen molar-refractivity contribution in [2.75, 3.05) is 13.2 Å². The number of rotatable bonds is 5. The molecule has 126 valence electrons. The van der Waals surface area contributed by atoms with Gasteiger partial charge in [0.15, 0.2) is 6.61 Å². The van der Waals surface area contributed by atoms with E-state index in [4.69, 9.17) is 4.74 Å². The summed E-state index contributed by atoms with van der Waals surface area (Å²) in [4.78, 5) is 14.3. The third-order valence-corrected chi connectivity index (χ3v) is 4.99. The minimum Gasteiger partial charge on any atom is -0.484 e. The monoisotopic (exact) mass is 317 g/mol. The summed E-state index contributed by atoms with van der Waals surface area (Å²) in [7, 11) is 0. The first kappa shape index (κ1) is 16.3. The number of benzene rings is 1. The Kier molecular flexibility index (Phi) is 5.21. The third-order valence-electron chi connectivity index (χ3n) is 4.99. The number of amides is 1. The highest BCUT2D eigenvalue weighted by molar-refractivity contribution is 5.78. The van der Waals surface area contributed by atoms with Crippen LogP contribution in [-0.4, -0.2) is 41.2 Å². The lowest BCUT2D eigenvalue weighted by atomic mass is 9.92. The molecule has 4 heteroatoms. The molecule has 2 atom stereocenters. The summed E-state index contributed by atoms with van der Waals surface area (Å²) in [5.74, 6) is 0.830. The SMILES string of the molecule is CC(O)CC1CCCN1C(=O)COc1ccc2c(c1)CCCC2. The summed E-state index contributed by atoms with van der Waals surface area (Å²) in [5.41, 5.74) is 2.79. The highest BCUT2D eigenvalue weighted by Crippen LogP contribution is 2.26. The molecule has 1 aromatic carbocycles. The normalized spacial score (nSPS) is 21.8. The molecular formula is C19H27NO3. The quantitative estimate of drug-likeness (QED) is 0.908. The van der Waals surface area contributed by atoms with Crippen molar-refractivity contribution in [3.8, 4) is 5.75 Å². The lowest BCUT2D eigenvalue weighted by molar-refractivity contribution is -0.134. The number of aryl methyl sites for hydroxylation is 2. The predicted molar refractivity (Wildman–Crippen MR) is 89.6 cm³/mol. The van der Waals surface area contributed by atoms with E-state index in [0.29, 0.717) is 6.42 Å². The standard InChI is InChI=1S/C19H27NO3/c1-14(21)11-17-7-4-10-20(17)19(22)13-23-18-9-8-15-5-2-3-6-16(15)12-18/h8-9,12,14,17,21H,2-7,10-11,13H2,1H3. The Labute approximate surface area is 138 Å². The van der Waals surface area contributed by atoms with Gasteiger partial charge in [0.1, 0.15) is 5.75 Å². The van der Waals surface area contributed by atoms with E-state index in [-0.39, 0.29) is 24.7 Å². The van der Waals surface area contributed by atoms with E-state index < -0.39 is 0 Å². The smallest absolute Gasteiger partial charge is 0.260 e. The number of likely N-dealkylation sites (tertiary alicyclic amines) is 1. The van der Waals surface area contributed by atoms with Gasteiger partial charge in [-0.05, 0) is 75.1 Å². The number of carbonyl (C=O) groups is 1. The number of aliphatic hydroxyl groups is 1. The number of carbonyl (C=O) groups excluding carboxylic acids is 1. The molecule has 23 heavy (non-hydrogen) atoms. The summed E-state index contributed by atoms with van der Waals surface area (Å²) in [6, 6.07) is 6.38. The van der Waals surface area contributed by atoms with E-state index in [1.54, 1.807) is 6.92 Å². The van der Waals surface area contributed by atoms with Gasteiger partial charge in [-0.25, -0.2) is 0 Å². The van der Waals surface area contributed by atoms with Crippen LogP contribution in [0.15, 0.2) is 18.2 Å². The second-order valence-electron chi connectivity index (χ2n) is 6.89. The summed E-state index contributed by atoms with van der Waals surface area (Å²) >= 11 is 0. The Bertz CT molecular complexity index is 556. The maximum atomic E-state index is 12.4. The van der Waals surface area contributed by atoms with Crippen LogP contribution in [0.5, 0.6) is 5.75 Å². The lowest BCUT2D eigenvalue weighted by Gasteiger charge is -2.25. The van der Waals surface area contributed by atoms with Gasteiger partial charge in [0, 0.05) is 12.6 Å². The van der Waals surface area contributed by atoms with Gasteiger partial charge in [0.05, 0.1) is 6.10 Å². The van der Waals surface area contributed by atoms with Crippen LogP contribution in [0.2, 0.25) is 0 Å². The van der Waals surface area contributed by atoms with E-state index in [1.807, 2.05) is 11.0 Å². The molecule has 1 saturated heterocycles. The van der Waals surface area contributed by atoms with Gasteiger partial charge >= 0.3 is 0 Å². The fourth-order valence-electron chi connectivity index (χ4n) is 3.83. The van der Waals surface area contributed by atoms with Gasteiger partial charge < -0.3 is 14.7 Å². The van der Waals surface area contributed by atoms with Crippen LogP contribution >= 0.6 is 0 Å². The molecule has 0 radical (unpaired) electrons. The molecular weight excluding hydrogens is 290 g/mol. The number of ether oxygens (including phenoxy) is 1. The maximum Gasteiger partial charge on any atom is 0.260 e. The van der Waals surface area contributed by atoms with E-state index in [1.165, 1.54) is 24.0 Å². The molecule has 1 amide bonds. The number of nitrogens with zero attached hydrogens (tertiary/aromatic N) is 1. The third kappa shape index (κ3) is 4.05. The van der Waals surface area contributed by atoms with Crippen molar-refractivity contribution in [2.24, 2.45) is 0 Å². The molecule has 1 fully saturated rings. The second-order valence-corrected chi connectivity index (χ2v) is 6.89. The van der Waals surface area contributed by atoms with Crippen LogP contribution in [-0.2, 0) is 17.6 Å². The molecule has 2 aliphatic rings. The zero-order valence-electron chi connectivity index (χ0n) is 14.0. The topological polar surface area (TPSA) is 49.8 Å². The molecule has 1 N–H and O–H groups in total. The molecule has 1 aliphatic carbocycles. The minimum absolute atomic E-state index is 0.0332. The first-order chi connectivity index (χ1) is 11.1.